The maximum absolute atomic E-state index is 13.1. The highest BCUT2D eigenvalue weighted by molar-refractivity contribution is 6.35. The van der Waals surface area contributed by atoms with E-state index in [1.807, 2.05) is 24.3 Å². The number of furan rings is 1. The fourth-order valence-electron chi connectivity index (χ4n) is 4.50. The molecule has 2 atom stereocenters. The molecule has 0 radical (unpaired) electrons. The van der Waals surface area contributed by atoms with Crippen LogP contribution in [0.3, 0.4) is 0 Å². The van der Waals surface area contributed by atoms with Crippen LogP contribution in [0.25, 0.3) is 22.8 Å². The van der Waals surface area contributed by atoms with E-state index in [4.69, 9.17) is 27.6 Å². The van der Waals surface area contributed by atoms with Crippen molar-refractivity contribution in [2.24, 2.45) is 0 Å². The van der Waals surface area contributed by atoms with Crippen molar-refractivity contribution in [3.63, 3.8) is 0 Å². The van der Waals surface area contributed by atoms with E-state index in [-0.39, 0.29) is 5.91 Å². The van der Waals surface area contributed by atoms with Gasteiger partial charge >= 0.3 is 0 Å². The average molecular weight is 524 g/mol. The summed E-state index contributed by atoms with van der Waals surface area (Å²) in [5.41, 5.74) is 3.40. The molecule has 5 rings (SSSR count). The highest BCUT2D eigenvalue weighted by Crippen LogP contribution is 2.32. The van der Waals surface area contributed by atoms with E-state index in [1.54, 1.807) is 36.7 Å². The number of piperazine rings is 1. The Morgan fingerprint density at radius 1 is 1.08 bits per heavy atom. The second-order valence-corrected chi connectivity index (χ2v) is 10.0. The van der Waals surface area contributed by atoms with E-state index >= 15 is 0 Å². The third-order valence-corrected chi connectivity index (χ3v) is 7.41. The molecule has 1 fully saturated rings. The fraction of sp³-hybridized carbons (Fsp3) is 0.259. The van der Waals surface area contributed by atoms with Gasteiger partial charge in [-0.25, -0.2) is 4.98 Å². The van der Waals surface area contributed by atoms with Crippen LogP contribution in [-0.4, -0.2) is 53.0 Å². The molecule has 0 spiro atoms. The Labute approximate surface area is 220 Å². The molecule has 1 unspecified atom stereocenters. The van der Waals surface area contributed by atoms with E-state index in [1.165, 1.54) is 0 Å². The monoisotopic (exact) mass is 523 g/mol. The number of anilines is 2. The van der Waals surface area contributed by atoms with E-state index in [0.29, 0.717) is 50.5 Å². The predicted molar refractivity (Wildman–Crippen MR) is 145 cm³/mol. The van der Waals surface area contributed by atoms with Crippen LogP contribution in [0.2, 0.25) is 10.0 Å². The van der Waals surface area contributed by atoms with Crippen LogP contribution in [0, 0.1) is 0 Å². The lowest BCUT2D eigenvalue weighted by molar-refractivity contribution is 0.102. The van der Waals surface area contributed by atoms with Crippen LogP contribution in [-0.2, 0) is 0 Å². The van der Waals surface area contributed by atoms with Gasteiger partial charge < -0.3 is 19.6 Å². The van der Waals surface area contributed by atoms with Crippen molar-refractivity contribution in [2.75, 3.05) is 30.4 Å². The van der Waals surface area contributed by atoms with Gasteiger partial charge in [-0.1, -0.05) is 23.2 Å². The number of nitrogens with zero attached hydrogens (tertiary/aromatic N) is 3. The largest absolute Gasteiger partial charge is 0.463 e. The van der Waals surface area contributed by atoms with Crippen molar-refractivity contribution in [2.45, 2.75) is 25.9 Å². The van der Waals surface area contributed by atoms with Crippen LogP contribution in [0.4, 0.5) is 11.4 Å². The molecule has 36 heavy (non-hydrogen) atoms. The van der Waals surface area contributed by atoms with Gasteiger partial charge in [0.05, 0.1) is 28.1 Å². The Balaban J connectivity index is 1.33. The predicted octanol–water partition coefficient (Wildman–Crippen LogP) is 6.42. The lowest BCUT2D eigenvalue weighted by Gasteiger charge is -2.43. The van der Waals surface area contributed by atoms with Crippen LogP contribution in [0.5, 0.6) is 0 Å². The molecule has 2 aromatic carbocycles. The molecule has 2 N–H and O–H groups in total. The van der Waals surface area contributed by atoms with Crippen molar-refractivity contribution in [3.8, 4) is 22.8 Å². The van der Waals surface area contributed by atoms with Crippen molar-refractivity contribution in [3.05, 3.63) is 76.6 Å². The minimum absolute atomic E-state index is 0.296. The zero-order valence-electron chi connectivity index (χ0n) is 20.3. The molecule has 3 heterocycles. The first kappa shape index (κ1) is 24.4. The summed E-state index contributed by atoms with van der Waals surface area (Å²) < 4.78 is 5.42. The number of carbonyl (C=O) groups excluding carboxylic acids is 1. The Hall–Kier alpha value is -3.26. The molecule has 9 heteroatoms. The molecule has 4 aromatic rings. The van der Waals surface area contributed by atoms with Gasteiger partial charge in [0, 0.05) is 42.1 Å². The first-order chi connectivity index (χ1) is 17.3. The standard InChI is InChI=1S/C27H27Cl2N5O2/c1-16-14-34(15-17(2)33(16)3)19-7-8-20(23(29)12-19)27(35)31-18-6-9-22(28)21(11-18)26-30-13-24(32-26)25-5-4-10-36-25/h4-13,16-17H,14-15H2,1-3H3,(H,30,32)(H,31,35)/t16-,17?/m0/s1. The molecule has 0 aliphatic carbocycles. The van der Waals surface area contributed by atoms with E-state index in [2.05, 4.69) is 46.0 Å². The number of nitrogens with one attached hydrogen (secondary N) is 2. The summed E-state index contributed by atoms with van der Waals surface area (Å²) in [6.45, 7) is 6.25. The highest BCUT2D eigenvalue weighted by Gasteiger charge is 2.27. The minimum atomic E-state index is -0.296. The fourth-order valence-corrected chi connectivity index (χ4v) is 4.97. The molecule has 186 valence electrons. The normalized spacial score (nSPS) is 18.4. The van der Waals surface area contributed by atoms with E-state index in [9.17, 15) is 4.79 Å². The number of halogens is 2. The average Bonchev–Trinajstić information content (AvgIpc) is 3.55. The maximum atomic E-state index is 13.1. The van der Waals surface area contributed by atoms with Gasteiger partial charge in [-0.3, -0.25) is 9.69 Å². The number of aromatic amines is 1. The molecule has 1 aliphatic heterocycles. The van der Waals surface area contributed by atoms with Gasteiger partial charge in [-0.05, 0) is 69.4 Å². The topological polar surface area (TPSA) is 77.4 Å². The smallest absolute Gasteiger partial charge is 0.257 e. The van der Waals surface area contributed by atoms with Gasteiger partial charge in [-0.2, -0.15) is 0 Å². The number of amides is 1. The summed E-state index contributed by atoms with van der Waals surface area (Å²) in [6.07, 6.45) is 3.28. The van der Waals surface area contributed by atoms with Crippen molar-refractivity contribution < 1.29 is 9.21 Å². The minimum Gasteiger partial charge on any atom is -0.463 e. The molecule has 7 nitrogen and oxygen atoms in total. The number of rotatable bonds is 5. The molecule has 0 saturated carbocycles. The van der Waals surface area contributed by atoms with Crippen molar-refractivity contribution in [1.82, 2.24) is 14.9 Å². The Kier molecular flexibility index (Phi) is 6.79. The number of benzene rings is 2. The summed E-state index contributed by atoms with van der Waals surface area (Å²) in [6, 6.07) is 15.4. The second-order valence-electron chi connectivity index (χ2n) is 9.20. The first-order valence-electron chi connectivity index (χ1n) is 11.8. The molecular weight excluding hydrogens is 497 g/mol. The second kappa shape index (κ2) is 10.0. The zero-order valence-corrected chi connectivity index (χ0v) is 21.8. The number of aromatic nitrogens is 2. The highest BCUT2D eigenvalue weighted by atomic mass is 35.5. The molecule has 1 amide bonds. The Morgan fingerprint density at radius 3 is 2.56 bits per heavy atom. The van der Waals surface area contributed by atoms with E-state index in [0.717, 1.165) is 24.5 Å². The van der Waals surface area contributed by atoms with Gasteiger partial charge in [0.2, 0.25) is 0 Å². The number of hydrogen-bond donors (Lipinski definition) is 2. The van der Waals surface area contributed by atoms with Crippen LogP contribution >= 0.6 is 23.2 Å². The van der Waals surface area contributed by atoms with E-state index < -0.39 is 0 Å². The Bertz CT molecular complexity index is 1370. The van der Waals surface area contributed by atoms with Gasteiger partial charge in [0.1, 0.15) is 11.5 Å². The van der Waals surface area contributed by atoms with Gasteiger partial charge in [-0.15, -0.1) is 0 Å². The molecule has 1 aliphatic rings. The molecule has 0 bridgehead atoms. The molecule has 2 aromatic heterocycles. The summed E-state index contributed by atoms with van der Waals surface area (Å²) in [4.78, 5) is 25.4. The quantitative estimate of drug-likeness (QED) is 0.315. The van der Waals surface area contributed by atoms with Crippen LogP contribution in [0.1, 0.15) is 24.2 Å². The third kappa shape index (κ3) is 4.87. The first-order valence-corrected chi connectivity index (χ1v) is 12.5. The summed E-state index contributed by atoms with van der Waals surface area (Å²) in [7, 11) is 2.15. The van der Waals surface area contributed by atoms with Gasteiger partial charge in [0.15, 0.2) is 5.76 Å². The lowest BCUT2D eigenvalue weighted by Crippen LogP contribution is -2.55. The van der Waals surface area contributed by atoms with Crippen molar-refractivity contribution in [1.29, 1.82) is 0 Å². The number of hydrogen-bond acceptors (Lipinski definition) is 5. The van der Waals surface area contributed by atoms with Crippen LogP contribution in [0.15, 0.2) is 65.4 Å². The van der Waals surface area contributed by atoms with Crippen molar-refractivity contribution >= 4 is 40.5 Å². The summed E-state index contributed by atoms with van der Waals surface area (Å²) >= 11 is 13.0. The molecular formula is C27H27Cl2N5O2. The maximum Gasteiger partial charge on any atom is 0.257 e. The number of imidazole rings is 1. The summed E-state index contributed by atoms with van der Waals surface area (Å²) in [5.74, 6) is 0.948. The Morgan fingerprint density at radius 2 is 1.86 bits per heavy atom. The zero-order chi connectivity index (χ0) is 25.4. The number of H-pyrrole nitrogens is 1. The summed E-state index contributed by atoms with van der Waals surface area (Å²) in [5, 5.41) is 3.84. The van der Waals surface area contributed by atoms with Crippen LogP contribution < -0.4 is 10.2 Å². The number of carbonyl (C=O) groups is 1. The third-order valence-electron chi connectivity index (χ3n) is 6.76. The lowest BCUT2D eigenvalue weighted by atomic mass is 10.1. The molecule has 1 saturated heterocycles. The SMILES string of the molecule is CC1CN(c2ccc(C(=O)Nc3ccc(Cl)c(-c4ncc(-c5ccco5)[nH]4)c3)c(Cl)c2)C[C@H](C)N1C. The number of likely N-dealkylation sites (N-methyl/N-ethyl adjacent to an activating group) is 1. The van der Waals surface area contributed by atoms with Gasteiger partial charge in [0.25, 0.3) is 5.91 Å².